The fourth-order valence-electron chi connectivity index (χ4n) is 2.87. The number of hydrogen-bond acceptors (Lipinski definition) is 2. The molecule has 0 radical (unpaired) electrons. The first-order valence-electron chi connectivity index (χ1n) is 7.89. The summed E-state index contributed by atoms with van der Waals surface area (Å²) < 4.78 is 5.92. The summed E-state index contributed by atoms with van der Waals surface area (Å²) in [7, 11) is 0. The number of rotatable bonds is 8. The summed E-state index contributed by atoms with van der Waals surface area (Å²) in [6.45, 7) is 11.2. The van der Waals surface area contributed by atoms with Gasteiger partial charge in [-0.05, 0) is 43.2 Å². The van der Waals surface area contributed by atoms with Crippen LogP contribution >= 0.6 is 0 Å². The Balaban J connectivity index is 3.02. The second-order valence-corrected chi connectivity index (χ2v) is 5.95. The summed E-state index contributed by atoms with van der Waals surface area (Å²) in [5.41, 5.74) is 1.79. The van der Waals surface area contributed by atoms with Crippen LogP contribution in [0.25, 0.3) is 0 Å². The lowest BCUT2D eigenvalue weighted by Gasteiger charge is -2.36. The van der Waals surface area contributed by atoms with Gasteiger partial charge >= 0.3 is 0 Å². The molecule has 114 valence electrons. The van der Waals surface area contributed by atoms with Gasteiger partial charge in [-0.1, -0.05) is 52.0 Å². The van der Waals surface area contributed by atoms with E-state index in [1.165, 1.54) is 5.56 Å². The Hall–Kier alpha value is -0.860. The van der Waals surface area contributed by atoms with Crippen molar-refractivity contribution in [3.63, 3.8) is 0 Å². The van der Waals surface area contributed by atoms with Gasteiger partial charge in [0.25, 0.3) is 0 Å². The van der Waals surface area contributed by atoms with Crippen molar-refractivity contribution in [3.8, 4) is 0 Å². The zero-order valence-corrected chi connectivity index (χ0v) is 13.6. The van der Waals surface area contributed by atoms with Crippen molar-refractivity contribution < 1.29 is 9.84 Å². The molecule has 0 saturated carbocycles. The SMILES string of the molecule is CCOC(CC)(CC)C(O)c1cccc(CC(C)C)c1. The van der Waals surface area contributed by atoms with Crippen molar-refractivity contribution in [1.29, 1.82) is 0 Å². The Morgan fingerprint density at radius 1 is 1.15 bits per heavy atom. The van der Waals surface area contributed by atoms with Gasteiger partial charge in [0.1, 0.15) is 6.10 Å². The topological polar surface area (TPSA) is 29.5 Å². The van der Waals surface area contributed by atoms with Crippen molar-refractivity contribution >= 4 is 0 Å². The second-order valence-electron chi connectivity index (χ2n) is 5.95. The van der Waals surface area contributed by atoms with Gasteiger partial charge in [-0.15, -0.1) is 0 Å². The zero-order chi connectivity index (χ0) is 15.2. The quantitative estimate of drug-likeness (QED) is 0.758. The number of hydrogen-bond donors (Lipinski definition) is 1. The third-order valence-electron chi connectivity index (χ3n) is 4.04. The first-order chi connectivity index (χ1) is 9.49. The van der Waals surface area contributed by atoms with Crippen LogP contribution in [0.1, 0.15) is 64.7 Å². The number of benzene rings is 1. The predicted octanol–water partition coefficient (Wildman–Crippen LogP) is 4.51. The number of ether oxygens (including phenoxy) is 1. The van der Waals surface area contributed by atoms with Gasteiger partial charge in [0, 0.05) is 6.61 Å². The molecule has 1 aromatic carbocycles. The van der Waals surface area contributed by atoms with E-state index in [-0.39, 0.29) is 0 Å². The molecule has 0 aliphatic carbocycles. The lowest BCUT2D eigenvalue weighted by atomic mass is 9.85. The van der Waals surface area contributed by atoms with Crippen LogP contribution < -0.4 is 0 Å². The molecule has 1 atom stereocenters. The van der Waals surface area contributed by atoms with Crippen LogP contribution in [0.5, 0.6) is 0 Å². The third-order valence-corrected chi connectivity index (χ3v) is 4.04. The number of aliphatic hydroxyl groups excluding tert-OH is 1. The number of aliphatic hydroxyl groups is 1. The molecule has 0 spiro atoms. The summed E-state index contributed by atoms with van der Waals surface area (Å²) in [4.78, 5) is 0. The van der Waals surface area contributed by atoms with Crippen LogP contribution in [0, 0.1) is 5.92 Å². The van der Waals surface area contributed by atoms with Gasteiger partial charge in [-0.3, -0.25) is 0 Å². The molecule has 0 bridgehead atoms. The van der Waals surface area contributed by atoms with Crippen LogP contribution in [0.15, 0.2) is 24.3 Å². The molecule has 0 aliphatic rings. The normalized spacial score (nSPS) is 13.8. The largest absolute Gasteiger partial charge is 0.385 e. The molecule has 2 heteroatoms. The van der Waals surface area contributed by atoms with E-state index in [0.29, 0.717) is 12.5 Å². The van der Waals surface area contributed by atoms with Crippen molar-refractivity contribution in [2.45, 2.75) is 65.6 Å². The minimum absolute atomic E-state index is 0.467. The van der Waals surface area contributed by atoms with Crippen LogP contribution in [0.3, 0.4) is 0 Å². The lowest BCUT2D eigenvalue weighted by molar-refractivity contribution is -0.127. The summed E-state index contributed by atoms with van der Waals surface area (Å²) in [6.07, 6.45) is 2.10. The van der Waals surface area contributed by atoms with Crippen molar-refractivity contribution in [2.24, 2.45) is 5.92 Å². The standard InChI is InChI=1S/C18H30O2/c1-6-18(7-2,20-8-3)17(19)16-11-9-10-15(13-16)12-14(4)5/h9-11,13-14,17,19H,6-8,12H2,1-5H3. The van der Waals surface area contributed by atoms with Crippen molar-refractivity contribution in [1.82, 2.24) is 0 Å². The minimum atomic E-state index is -0.565. The molecular weight excluding hydrogens is 248 g/mol. The highest BCUT2D eigenvalue weighted by Gasteiger charge is 2.36. The fourth-order valence-corrected chi connectivity index (χ4v) is 2.87. The summed E-state index contributed by atoms with van der Waals surface area (Å²) in [5, 5.41) is 10.8. The average Bonchev–Trinajstić information content (AvgIpc) is 2.44. The van der Waals surface area contributed by atoms with Crippen LogP contribution in [-0.4, -0.2) is 17.3 Å². The molecular formula is C18H30O2. The highest BCUT2D eigenvalue weighted by Crippen LogP contribution is 2.35. The Bertz CT molecular complexity index is 394. The maximum absolute atomic E-state index is 10.8. The van der Waals surface area contributed by atoms with Gasteiger partial charge in [-0.2, -0.15) is 0 Å². The lowest BCUT2D eigenvalue weighted by Crippen LogP contribution is -2.38. The van der Waals surface area contributed by atoms with Gasteiger partial charge in [0.05, 0.1) is 5.60 Å². The highest BCUT2D eigenvalue weighted by atomic mass is 16.5. The molecule has 1 rings (SSSR count). The molecule has 20 heavy (non-hydrogen) atoms. The van der Waals surface area contributed by atoms with Gasteiger partial charge in [0.15, 0.2) is 0 Å². The zero-order valence-electron chi connectivity index (χ0n) is 13.6. The van der Waals surface area contributed by atoms with E-state index in [4.69, 9.17) is 4.74 Å². The summed E-state index contributed by atoms with van der Waals surface area (Å²) in [5.74, 6) is 0.622. The highest BCUT2D eigenvalue weighted by molar-refractivity contribution is 5.27. The first kappa shape index (κ1) is 17.2. The van der Waals surface area contributed by atoms with Gasteiger partial charge < -0.3 is 9.84 Å². The summed E-state index contributed by atoms with van der Waals surface area (Å²) in [6, 6.07) is 8.31. The predicted molar refractivity (Wildman–Crippen MR) is 84.9 cm³/mol. The molecule has 0 saturated heterocycles. The molecule has 0 fully saturated rings. The van der Waals surface area contributed by atoms with E-state index < -0.39 is 11.7 Å². The summed E-state index contributed by atoms with van der Waals surface area (Å²) >= 11 is 0. The van der Waals surface area contributed by atoms with E-state index in [1.807, 2.05) is 19.1 Å². The maximum atomic E-state index is 10.8. The monoisotopic (exact) mass is 278 g/mol. The van der Waals surface area contributed by atoms with E-state index in [9.17, 15) is 5.11 Å². The molecule has 1 unspecified atom stereocenters. The molecule has 0 amide bonds. The fraction of sp³-hybridized carbons (Fsp3) is 0.667. The third kappa shape index (κ3) is 4.07. The first-order valence-corrected chi connectivity index (χ1v) is 7.89. The smallest absolute Gasteiger partial charge is 0.108 e. The van der Waals surface area contributed by atoms with Crippen LogP contribution in [-0.2, 0) is 11.2 Å². The Morgan fingerprint density at radius 2 is 1.80 bits per heavy atom. The van der Waals surface area contributed by atoms with Gasteiger partial charge in [-0.25, -0.2) is 0 Å². The molecule has 1 aromatic rings. The van der Waals surface area contributed by atoms with E-state index in [1.54, 1.807) is 0 Å². The molecule has 1 N–H and O–H groups in total. The van der Waals surface area contributed by atoms with Crippen LogP contribution in [0.4, 0.5) is 0 Å². The van der Waals surface area contributed by atoms with E-state index in [2.05, 4.69) is 39.8 Å². The molecule has 0 aromatic heterocycles. The second kappa shape index (κ2) is 7.80. The molecule has 0 aliphatic heterocycles. The van der Waals surface area contributed by atoms with E-state index in [0.717, 1.165) is 24.8 Å². The Kier molecular flexibility index (Phi) is 6.70. The molecule has 0 heterocycles. The minimum Gasteiger partial charge on any atom is -0.385 e. The van der Waals surface area contributed by atoms with Gasteiger partial charge in [0.2, 0.25) is 0 Å². The Morgan fingerprint density at radius 3 is 2.30 bits per heavy atom. The van der Waals surface area contributed by atoms with Crippen molar-refractivity contribution in [3.05, 3.63) is 35.4 Å². The maximum Gasteiger partial charge on any atom is 0.108 e. The van der Waals surface area contributed by atoms with Crippen LogP contribution in [0.2, 0.25) is 0 Å². The van der Waals surface area contributed by atoms with E-state index >= 15 is 0 Å². The average molecular weight is 278 g/mol. The molecule has 2 nitrogen and oxygen atoms in total. The van der Waals surface area contributed by atoms with Crippen molar-refractivity contribution in [2.75, 3.05) is 6.61 Å². The Labute approximate surface area is 124 Å².